The fraction of sp³-hybridized carbons (Fsp3) is 0.143. The van der Waals surface area contributed by atoms with Crippen molar-refractivity contribution in [3.63, 3.8) is 0 Å². The highest BCUT2D eigenvalue weighted by molar-refractivity contribution is 7.19. The maximum absolute atomic E-state index is 12.4. The number of nitrogen functional groups attached to an aromatic ring is 1. The zero-order valence-corrected chi connectivity index (χ0v) is 12.3. The maximum atomic E-state index is 12.4. The number of carbonyl (C=O) groups is 1. The normalized spacial score (nSPS) is 10.1. The summed E-state index contributed by atoms with van der Waals surface area (Å²) in [5.41, 5.74) is 6.97. The standard InChI is InChI=1S/C14H12ClN3OS/c1-2-18-14-10(7-16)11(17)13(20-14)12(19)8-3-5-9(15)6-4-8/h3-6,18H,2,17H2,1H3. The number of halogens is 1. The molecule has 0 saturated carbocycles. The Morgan fingerprint density at radius 3 is 2.65 bits per heavy atom. The number of carbonyl (C=O) groups excluding carboxylic acids is 1. The van der Waals surface area contributed by atoms with Crippen LogP contribution in [0, 0.1) is 11.3 Å². The largest absolute Gasteiger partial charge is 0.396 e. The first-order chi connectivity index (χ1) is 9.58. The van der Waals surface area contributed by atoms with Gasteiger partial charge in [0.2, 0.25) is 5.78 Å². The molecule has 0 spiro atoms. The van der Waals surface area contributed by atoms with Gasteiger partial charge in [-0.25, -0.2) is 0 Å². The number of thiophene rings is 1. The van der Waals surface area contributed by atoms with Crippen LogP contribution in [0.5, 0.6) is 0 Å². The summed E-state index contributed by atoms with van der Waals surface area (Å²) in [6, 6.07) is 8.61. The lowest BCUT2D eigenvalue weighted by Crippen LogP contribution is -2.02. The van der Waals surface area contributed by atoms with Gasteiger partial charge in [-0.3, -0.25) is 4.79 Å². The van der Waals surface area contributed by atoms with Gasteiger partial charge in [-0.05, 0) is 31.2 Å². The molecule has 4 nitrogen and oxygen atoms in total. The molecule has 102 valence electrons. The molecule has 0 aliphatic heterocycles. The predicted molar refractivity (Wildman–Crippen MR) is 82.5 cm³/mol. The average Bonchev–Trinajstić information content (AvgIpc) is 2.75. The van der Waals surface area contributed by atoms with Crippen LogP contribution >= 0.6 is 22.9 Å². The maximum Gasteiger partial charge on any atom is 0.205 e. The molecule has 0 unspecified atom stereocenters. The van der Waals surface area contributed by atoms with Crippen molar-refractivity contribution in [3.05, 3.63) is 45.3 Å². The molecule has 3 N–H and O–H groups in total. The number of nitrogens with two attached hydrogens (primary N) is 1. The first kappa shape index (κ1) is 14.4. The second-order valence-corrected chi connectivity index (χ2v) is 5.48. The predicted octanol–water partition coefficient (Wildman–Crippen LogP) is 3.52. The summed E-state index contributed by atoms with van der Waals surface area (Å²) in [6.45, 7) is 2.57. The third-order valence-corrected chi connectivity index (χ3v) is 4.12. The van der Waals surface area contributed by atoms with E-state index >= 15 is 0 Å². The molecule has 0 radical (unpaired) electrons. The number of ketones is 1. The lowest BCUT2D eigenvalue weighted by Gasteiger charge is -1.99. The van der Waals surface area contributed by atoms with Gasteiger partial charge in [0.25, 0.3) is 0 Å². The first-order valence-electron chi connectivity index (χ1n) is 5.95. The molecule has 0 aliphatic carbocycles. The molecule has 0 saturated heterocycles. The zero-order valence-electron chi connectivity index (χ0n) is 10.7. The number of nitrogens with one attached hydrogen (secondary N) is 1. The van der Waals surface area contributed by atoms with E-state index in [2.05, 4.69) is 5.32 Å². The minimum atomic E-state index is -0.204. The van der Waals surface area contributed by atoms with Crippen LogP contribution in [0.1, 0.15) is 27.7 Å². The minimum absolute atomic E-state index is 0.204. The van der Waals surface area contributed by atoms with Crippen molar-refractivity contribution in [2.24, 2.45) is 0 Å². The van der Waals surface area contributed by atoms with Crippen molar-refractivity contribution >= 4 is 39.4 Å². The number of nitriles is 1. The van der Waals surface area contributed by atoms with E-state index in [1.807, 2.05) is 13.0 Å². The number of rotatable bonds is 4. The summed E-state index contributed by atoms with van der Waals surface area (Å²) in [5.74, 6) is -0.204. The molecule has 0 aliphatic rings. The summed E-state index contributed by atoms with van der Waals surface area (Å²) in [5, 5.41) is 13.4. The first-order valence-corrected chi connectivity index (χ1v) is 7.14. The van der Waals surface area contributed by atoms with Gasteiger partial charge >= 0.3 is 0 Å². The van der Waals surface area contributed by atoms with E-state index in [4.69, 9.17) is 22.6 Å². The Labute approximate surface area is 125 Å². The molecule has 2 aromatic rings. The molecule has 1 aromatic heterocycles. The third-order valence-electron chi connectivity index (χ3n) is 2.71. The Bertz CT molecular complexity index is 686. The molecule has 1 aromatic carbocycles. The van der Waals surface area contributed by atoms with Gasteiger partial charge in [0.1, 0.15) is 21.5 Å². The quantitative estimate of drug-likeness (QED) is 0.847. The van der Waals surface area contributed by atoms with E-state index in [9.17, 15) is 4.79 Å². The minimum Gasteiger partial charge on any atom is -0.396 e. The van der Waals surface area contributed by atoms with E-state index in [-0.39, 0.29) is 11.5 Å². The number of hydrogen-bond donors (Lipinski definition) is 2. The van der Waals surface area contributed by atoms with Crippen molar-refractivity contribution in [2.45, 2.75) is 6.92 Å². The molecule has 0 fully saturated rings. The monoisotopic (exact) mass is 305 g/mol. The molecule has 1 heterocycles. The highest BCUT2D eigenvalue weighted by Crippen LogP contribution is 2.36. The number of anilines is 2. The van der Waals surface area contributed by atoms with Crippen LogP contribution in [0.3, 0.4) is 0 Å². The van der Waals surface area contributed by atoms with Gasteiger partial charge in [0, 0.05) is 17.1 Å². The van der Waals surface area contributed by atoms with Crippen molar-refractivity contribution in [1.29, 1.82) is 5.26 Å². The summed E-state index contributed by atoms with van der Waals surface area (Å²) >= 11 is 7.00. The average molecular weight is 306 g/mol. The molecule has 0 bridgehead atoms. The van der Waals surface area contributed by atoms with Crippen LogP contribution in [-0.2, 0) is 0 Å². The van der Waals surface area contributed by atoms with Crippen LogP contribution in [0.2, 0.25) is 5.02 Å². The topological polar surface area (TPSA) is 78.9 Å². The van der Waals surface area contributed by atoms with Crippen LogP contribution in [0.25, 0.3) is 0 Å². The van der Waals surface area contributed by atoms with E-state index < -0.39 is 0 Å². The fourth-order valence-corrected chi connectivity index (χ4v) is 2.97. The van der Waals surface area contributed by atoms with Crippen LogP contribution in [0.4, 0.5) is 10.7 Å². The molecule has 0 atom stereocenters. The zero-order chi connectivity index (χ0) is 14.7. The molecular formula is C14H12ClN3OS. The third kappa shape index (κ3) is 2.62. The molecule has 0 amide bonds. The van der Waals surface area contributed by atoms with E-state index in [0.717, 1.165) is 0 Å². The lowest BCUT2D eigenvalue weighted by molar-refractivity contribution is 0.104. The van der Waals surface area contributed by atoms with Gasteiger partial charge in [-0.15, -0.1) is 11.3 Å². The Kier molecular flexibility index (Phi) is 4.28. The van der Waals surface area contributed by atoms with Gasteiger partial charge in [0.05, 0.1) is 5.69 Å². The molecule has 20 heavy (non-hydrogen) atoms. The molecule has 2 rings (SSSR count). The Morgan fingerprint density at radius 1 is 1.45 bits per heavy atom. The van der Waals surface area contributed by atoms with Crippen LogP contribution in [0.15, 0.2) is 24.3 Å². The van der Waals surface area contributed by atoms with Gasteiger partial charge in [-0.1, -0.05) is 11.6 Å². The smallest absolute Gasteiger partial charge is 0.205 e. The van der Waals surface area contributed by atoms with Crippen LogP contribution in [-0.4, -0.2) is 12.3 Å². The van der Waals surface area contributed by atoms with Crippen molar-refractivity contribution < 1.29 is 4.79 Å². The van der Waals surface area contributed by atoms with E-state index in [1.54, 1.807) is 24.3 Å². The van der Waals surface area contributed by atoms with Crippen molar-refractivity contribution in [3.8, 4) is 6.07 Å². The van der Waals surface area contributed by atoms with Gasteiger partial charge in [-0.2, -0.15) is 5.26 Å². The summed E-state index contributed by atoms with van der Waals surface area (Å²) in [4.78, 5) is 12.8. The van der Waals surface area contributed by atoms with Gasteiger partial charge < -0.3 is 11.1 Å². The summed E-state index contributed by atoms with van der Waals surface area (Å²) in [7, 11) is 0. The number of hydrogen-bond acceptors (Lipinski definition) is 5. The highest BCUT2D eigenvalue weighted by atomic mass is 35.5. The van der Waals surface area contributed by atoms with E-state index in [1.165, 1.54) is 11.3 Å². The van der Waals surface area contributed by atoms with Crippen LogP contribution < -0.4 is 11.1 Å². The summed E-state index contributed by atoms with van der Waals surface area (Å²) in [6.07, 6.45) is 0. The Morgan fingerprint density at radius 2 is 2.10 bits per heavy atom. The second kappa shape index (κ2) is 5.95. The van der Waals surface area contributed by atoms with Crippen molar-refractivity contribution in [1.82, 2.24) is 0 Å². The summed E-state index contributed by atoms with van der Waals surface area (Å²) < 4.78 is 0. The Hall–Kier alpha value is -2.03. The van der Waals surface area contributed by atoms with E-state index in [0.29, 0.717) is 32.6 Å². The highest BCUT2D eigenvalue weighted by Gasteiger charge is 2.21. The van der Waals surface area contributed by atoms with Crippen molar-refractivity contribution in [2.75, 3.05) is 17.6 Å². The Balaban J connectivity index is 2.45. The molecule has 6 heteroatoms. The lowest BCUT2D eigenvalue weighted by atomic mass is 10.1. The number of benzene rings is 1. The number of nitrogens with zero attached hydrogens (tertiary/aromatic N) is 1. The fourth-order valence-electron chi connectivity index (χ4n) is 1.74. The van der Waals surface area contributed by atoms with Gasteiger partial charge in [0.15, 0.2) is 0 Å². The second-order valence-electron chi connectivity index (χ2n) is 4.03. The molecular weight excluding hydrogens is 294 g/mol. The SMILES string of the molecule is CCNc1sc(C(=O)c2ccc(Cl)cc2)c(N)c1C#N.